The zero-order valence-electron chi connectivity index (χ0n) is 11.4. The molecule has 1 aliphatic rings. The summed E-state index contributed by atoms with van der Waals surface area (Å²) in [5, 5.41) is 10.6. The van der Waals surface area contributed by atoms with Crippen LogP contribution in [0.25, 0.3) is 0 Å². The lowest BCUT2D eigenvalue weighted by Gasteiger charge is -2.28. The molecule has 1 unspecified atom stereocenters. The molecule has 1 aliphatic heterocycles. The molecule has 104 valence electrons. The van der Waals surface area contributed by atoms with Crippen molar-refractivity contribution in [2.24, 2.45) is 0 Å². The van der Waals surface area contributed by atoms with Gasteiger partial charge >= 0.3 is 0 Å². The van der Waals surface area contributed by atoms with E-state index in [0.29, 0.717) is 22.8 Å². The maximum absolute atomic E-state index is 11.7. The molecule has 5 heteroatoms. The maximum Gasteiger partial charge on any atom is 0.163 e. The lowest BCUT2D eigenvalue weighted by Crippen LogP contribution is -2.30. The Hall–Kier alpha value is -1.26. The smallest absolute Gasteiger partial charge is 0.163 e. The fourth-order valence-electron chi connectivity index (χ4n) is 2.54. The van der Waals surface area contributed by atoms with Crippen molar-refractivity contribution in [1.82, 2.24) is 0 Å². The molecule has 0 saturated carbocycles. The monoisotopic (exact) mass is 283 g/mol. The van der Waals surface area contributed by atoms with Gasteiger partial charge in [0.1, 0.15) is 6.23 Å². The lowest BCUT2D eigenvalue weighted by molar-refractivity contribution is 0.101. The summed E-state index contributed by atoms with van der Waals surface area (Å²) < 4.78 is 5.40. The summed E-state index contributed by atoms with van der Waals surface area (Å²) in [6.07, 6.45) is 1.07. The van der Waals surface area contributed by atoms with Crippen molar-refractivity contribution < 1.29 is 14.6 Å². The average molecular weight is 284 g/mol. The van der Waals surface area contributed by atoms with Gasteiger partial charge in [-0.3, -0.25) is 4.79 Å². The first-order chi connectivity index (χ1) is 8.97. The van der Waals surface area contributed by atoms with Crippen LogP contribution in [0.3, 0.4) is 0 Å². The lowest BCUT2D eigenvalue weighted by atomic mass is 10.0. The van der Waals surface area contributed by atoms with E-state index in [0.717, 1.165) is 24.2 Å². The molecule has 0 aliphatic carbocycles. The van der Waals surface area contributed by atoms with Crippen molar-refractivity contribution >= 4 is 23.1 Å². The van der Waals surface area contributed by atoms with Gasteiger partial charge in [0.05, 0.1) is 18.4 Å². The molecular formula is C14H18ClNO3. The van der Waals surface area contributed by atoms with Gasteiger partial charge in [0, 0.05) is 11.6 Å². The van der Waals surface area contributed by atoms with E-state index >= 15 is 0 Å². The molecule has 0 amide bonds. The number of nitrogens with zero attached hydrogens (tertiary/aromatic N) is 1. The molecule has 1 heterocycles. The van der Waals surface area contributed by atoms with Gasteiger partial charge in [-0.15, -0.1) is 0 Å². The van der Waals surface area contributed by atoms with Gasteiger partial charge in [0.2, 0.25) is 0 Å². The van der Waals surface area contributed by atoms with Gasteiger partial charge in [-0.2, -0.15) is 0 Å². The number of hydrogen-bond acceptors (Lipinski definition) is 4. The highest BCUT2D eigenvalue weighted by Gasteiger charge is 2.29. The van der Waals surface area contributed by atoms with E-state index in [2.05, 4.69) is 0 Å². The minimum atomic E-state index is -0.550. The summed E-state index contributed by atoms with van der Waals surface area (Å²) in [6.45, 7) is 4.08. The summed E-state index contributed by atoms with van der Waals surface area (Å²) in [7, 11) is 1.53. The summed E-state index contributed by atoms with van der Waals surface area (Å²) in [5.74, 6) is 0.393. The predicted octanol–water partition coefficient (Wildman–Crippen LogP) is 2.78. The van der Waals surface area contributed by atoms with E-state index in [4.69, 9.17) is 16.3 Å². The predicted molar refractivity (Wildman–Crippen MR) is 75.3 cm³/mol. The van der Waals surface area contributed by atoms with E-state index in [1.165, 1.54) is 14.0 Å². The molecule has 1 aromatic rings. The van der Waals surface area contributed by atoms with Crippen LogP contribution in [0, 0.1) is 6.92 Å². The fraction of sp³-hybridized carbons (Fsp3) is 0.500. The second-order valence-electron chi connectivity index (χ2n) is 4.79. The van der Waals surface area contributed by atoms with Gasteiger partial charge in [-0.1, -0.05) is 11.6 Å². The number of aliphatic hydroxyl groups is 1. The molecule has 1 fully saturated rings. The molecular weight excluding hydrogens is 266 g/mol. The van der Waals surface area contributed by atoms with Gasteiger partial charge in [-0.25, -0.2) is 0 Å². The van der Waals surface area contributed by atoms with E-state index < -0.39 is 6.23 Å². The van der Waals surface area contributed by atoms with Crippen LogP contribution in [0.1, 0.15) is 35.7 Å². The van der Waals surface area contributed by atoms with Crippen LogP contribution in [-0.2, 0) is 0 Å². The maximum atomic E-state index is 11.7. The molecule has 0 aromatic heterocycles. The van der Waals surface area contributed by atoms with E-state index in [-0.39, 0.29) is 5.78 Å². The Kier molecular flexibility index (Phi) is 4.02. The Morgan fingerprint density at radius 3 is 2.74 bits per heavy atom. The highest BCUT2D eigenvalue weighted by atomic mass is 35.5. The number of carbonyl (C=O) groups is 1. The number of methoxy groups -OCH3 is 1. The number of benzene rings is 1. The van der Waals surface area contributed by atoms with Crippen LogP contribution in [0.4, 0.5) is 5.69 Å². The zero-order valence-corrected chi connectivity index (χ0v) is 12.1. The van der Waals surface area contributed by atoms with Crippen LogP contribution >= 0.6 is 11.6 Å². The van der Waals surface area contributed by atoms with Crippen LogP contribution < -0.4 is 9.64 Å². The van der Waals surface area contributed by atoms with Gasteiger partial charge in [-0.05, 0) is 38.3 Å². The molecule has 19 heavy (non-hydrogen) atoms. The van der Waals surface area contributed by atoms with Crippen LogP contribution in [0.5, 0.6) is 5.75 Å². The Morgan fingerprint density at radius 1 is 1.58 bits per heavy atom. The standard InChI is InChI=1S/C14H18ClNO3/c1-8-11(15)7-10(9(2)17)14(19-3)13(8)16-6-4-5-12(16)18/h7,12,18H,4-6H2,1-3H3. The molecule has 1 N–H and O–H groups in total. The van der Waals surface area contributed by atoms with Gasteiger partial charge < -0.3 is 14.7 Å². The number of hydrogen-bond donors (Lipinski definition) is 1. The highest BCUT2D eigenvalue weighted by Crippen LogP contribution is 2.42. The highest BCUT2D eigenvalue weighted by molar-refractivity contribution is 6.32. The summed E-state index contributed by atoms with van der Waals surface area (Å²) in [5.41, 5.74) is 2.00. The number of aliphatic hydroxyl groups excluding tert-OH is 1. The summed E-state index contributed by atoms with van der Waals surface area (Å²) >= 11 is 6.20. The molecule has 0 radical (unpaired) electrons. The fourth-order valence-corrected chi connectivity index (χ4v) is 2.73. The zero-order chi connectivity index (χ0) is 14.2. The van der Waals surface area contributed by atoms with E-state index in [1.807, 2.05) is 11.8 Å². The summed E-state index contributed by atoms with van der Waals surface area (Å²) in [6, 6.07) is 1.63. The third-order valence-corrected chi connectivity index (χ3v) is 3.93. The molecule has 0 spiro atoms. The molecule has 1 atom stereocenters. The topological polar surface area (TPSA) is 49.8 Å². The first-order valence-corrected chi connectivity index (χ1v) is 6.68. The Labute approximate surface area is 117 Å². The van der Waals surface area contributed by atoms with Crippen molar-refractivity contribution in [2.45, 2.75) is 32.9 Å². The number of anilines is 1. The van der Waals surface area contributed by atoms with Gasteiger partial charge in [0.25, 0.3) is 0 Å². The van der Waals surface area contributed by atoms with Crippen molar-refractivity contribution in [3.8, 4) is 5.75 Å². The van der Waals surface area contributed by atoms with Crippen molar-refractivity contribution in [3.63, 3.8) is 0 Å². The first-order valence-electron chi connectivity index (χ1n) is 6.30. The number of rotatable bonds is 3. The third kappa shape index (κ3) is 2.42. The second-order valence-corrected chi connectivity index (χ2v) is 5.19. The molecule has 0 bridgehead atoms. The van der Waals surface area contributed by atoms with E-state index in [9.17, 15) is 9.90 Å². The average Bonchev–Trinajstić information content (AvgIpc) is 2.77. The molecule has 1 saturated heterocycles. The number of carbonyl (C=O) groups excluding carboxylic acids is 1. The van der Waals surface area contributed by atoms with Crippen molar-refractivity contribution in [3.05, 3.63) is 22.2 Å². The van der Waals surface area contributed by atoms with Crippen molar-refractivity contribution in [2.75, 3.05) is 18.6 Å². The Balaban J connectivity index is 2.66. The molecule has 1 aromatic carbocycles. The normalized spacial score (nSPS) is 18.8. The minimum Gasteiger partial charge on any atom is -0.494 e. The Morgan fingerprint density at radius 2 is 2.26 bits per heavy atom. The quantitative estimate of drug-likeness (QED) is 0.867. The molecule has 4 nitrogen and oxygen atoms in total. The van der Waals surface area contributed by atoms with Crippen LogP contribution in [0.2, 0.25) is 5.02 Å². The first kappa shape index (κ1) is 14.2. The number of ether oxygens (including phenoxy) is 1. The summed E-state index contributed by atoms with van der Waals surface area (Å²) in [4.78, 5) is 13.6. The largest absolute Gasteiger partial charge is 0.494 e. The van der Waals surface area contributed by atoms with Gasteiger partial charge in [0.15, 0.2) is 11.5 Å². The van der Waals surface area contributed by atoms with Crippen LogP contribution in [-0.4, -0.2) is 30.8 Å². The third-order valence-electron chi connectivity index (χ3n) is 3.54. The number of halogens is 1. The number of ketones is 1. The van der Waals surface area contributed by atoms with Crippen molar-refractivity contribution in [1.29, 1.82) is 0 Å². The number of Topliss-reactive ketones (excluding diaryl/α,β-unsaturated/α-hetero) is 1. The van der Waals surface area contributed by atoms with E-state index in [1.54, 1.807) is 6.07 Å². The van der Waals surface area contributed by atoms with Crippen LogP contribution in [0.15, 0.2) is 6.07 Å². The second kappa shape index (κ2) is 5.39. The minimum absolute atomic E-state index is 0.103. The SMILES string of the molecule is COc1c(C(C)=O)cc(Cl)c(C)c1N1CCCC1O. The Bertz CT molecular complexity index is 516. The molecule has 2 rings (SSSR count).